The van der Waals surface area contributed by atoms with Crippen LogP contribution < -0.4 is 5.73 Å². The molecule has 0 aromatic heterocycles. The van der Waals surface area contributed by atoms with Gasteiger partial charge in [0, 0.05) is 12.6 Å². The Morgan fingerprint density at radius 1 is 1.73 bits per heavy atom. The molecule has 88 valence electrons. The molecule has 0 aromatic carbocycles. The Kier molecular flexibility index (Phi) is 5.01. The molecule has 0 aliphatic carbocycles. The SMILES string of the molecule is CCC1COCCN1C(CCN)C(=O)O. The van der Waals surface area contributed by atoms with Crippen LogP contribution in [0.4, 0.5) is 0 Å². The van der Waals surface area contributed by atoms with Gasteiger partial charge in [-0.3, -0.25) is 9.69 Å². The summed E-state index contributed by atoms with van der Waals surface area (Å²) in [4.78, 5) is 13.1. The van der Waals surface area contributed by atoms with Gasteiger partial charge in [0.1, 0.15) is 6.04 Å². The summed E-state index contributed by atoms with van der Waals surface area (Å²) >= 11 is 0. The second kappa shape index (κ2) is 6.05. The number of ether oxygens (including phenoxy) is 1. The first-order valence-electron chi connectivity index (χ1n) is 5.47. The van der Waals surface area contributed by atoms with Crippen LogP contribution >= 0.6 is 0 Å². The Balaban J connectivity index is 2.65. The minimum atomic E-state index is -0.777. The number of carboxylic acids is 1. The smallest absolute Gasteiger partial charge is 0.320 e. The fraction of sp³-hybridized carbons (Fsp3) is 0.900. The van der Waals surface area contributed by atoms with Crippen molar-refractivity contribution in [1.82, 2.24) is 4.90 Å². The van der Waals surface area contributed by atoms with E-state index in [1.165, 1.54) is 0 Å². The van der Waals surface area contributed by atoms with Gasteiger partial charge < -0.3 is 15.6 Å². The molecule has 0 bridgehead atoms. The molecule has 1 fully saturated rings. The summed E-state index contributed by atoms with van der Waals surface area (Å²) in [5, 5.41) is 9.13. The minimum absolute atomic E-state index is 0.214. The van der Waals surface area contributed by atoms with Crippen LogP contribution in [0.1, 0.15) is 19.8 Å². The molecule has 1 heterocycles. The monoisotopic (exact) mass is 216 g/mol. The van der Waals surface area contributed by atoms with Crippen molar-refractivity contribution in [3.63, 3.8) is 0 Å². The predicted molar refractivity (Wildman–Crippen MR) is 56.7 cm³/mol. The van der Waals surface area contributed by atoms with Crippen molar-refractivity contribution in [2.24, 2.45) is 5.73 Å². The summed E-state index contributed by atoms with van der Waals surface area (Å²) < 4.78 is 5.35. The van der Waals surface area contributed by atoms with E-state index in [1.807, 2.05) is 11.8 Å². The first-order valence-corrected chi connectivity index (χ1v) is 5.47. The first-order chi connectivity index (χ1) is 7.20. The number of aliphatic carboxylic acids is 1. The van der Waals surface area contributed by atoms with Crippen molar-refractivity contribution in [3.8, 4) is 0 Å². The third-order valence-electron chi connectivity index (χ3n) is 2.87. The molecule has 5 heteroatoms. The molecular formula is C10H20N2O3. The normalized spacial score (nSPS) is 25.1. The van der Waals surface area contributed by atoms with Crippen LogP contribution in [0.15, 0.2) is 0 Å². The Morgan fingerprint density at radius 3 is 3.00 bits per heavy atom. The van der Waals surface area contributed by atoms with Gasteiger partial charge >= 0.3 is 5.97 Å². The summed E-state index contributed by atoms with van der Waals surface area (Å²) in [6.07, 6.45) is 1.42. The summed E-state index contributed by atoms with van der Waals surface area (Å²) in [7, 11) is 0. The van der Waals surface area contributed by atoms with E-state index in [4.69, 9.17) is 15.6 Å². The fourth-order valence-electron chi connectivity index (χ4n) is 2.02. The van der Waals surface area contributed by atoms with Crippen molar-refractivity contribution in [2.45, 2.75) is 31.8 Å². The van der Waals surface area contributed by atoms with Crippen molar-refractivity contribution in [1.29, 1.82) is 0 Å². The number of nitrogens with two attached hydrogens (primary N) is 1. The van der Waals surface area contributed by atoms with Gasteiger partial charge in [-0.2, -0.15) is 0 Å². The zero-order valence-corrected chi connectivity index (χ0v) is 9.19. The molecule has 0 aromatic rings. The summed E-state index contributed by atoms with van der Waals surface area (Å²) in [5.41, 5.74) is 5.44. The van der Waals surface area contributed by atoms with Crippen LogP contribution in [0.25, 0.3) is 0 Å². The molecule has 1 aliphatic rings. The highest BCUT2D eigenvalue weighted by Gasteiger charge is 2.31. The Morgan fingerprint density at radius 2 is 2.47 bits per heavy atom. The maximum atomic E-state index is 11.1. The lowest BCUT2D eigenvalue weighted by molar-refractivity contribution is -0.147. The Labute approximate surface area is 90.2 Å². The van der Waals surface area contributed by atoms with Gasteiger partial charge in [0.25, 0.3) is 0 Å². The van der Waals surface area contributed by atoms with Crippen LogP contribution in [-0.4, -0.2) is 54.4 Å². The van der Waals surface area contributed by atoms with Crippen molar-refractivity contribution < 1.29 is 14.6 Å². The van der Waals surface area contributed by atoms with Crippen molar-refractivity contribution in [2.75, 3.05) is 26.3 Å². The van der Waals surface area contributed by atoms with Gasteiger partial charge in [-0.05, 0) is 19.4 Å². The molecule has 2 unspecified atom stereocenters. The van der Waals surface area contributed by atoms with Crippen LogP contribution in [0.3, 0.4) is 0 Å². The predicted octanol–water partition coefficient (Wildman–Crippen LogP) is -0.101. The number of carboxylic acid groups (broad SMARTS) is 1. The van der Waals surface area contributed by atoms with E-state index in [0.29, 0.717) is 32.7 Å². The molecule has 1 aliphatic heterocycles. The van der Waals surface area contributed by atoms with E-state index in [9.17, 15) is 4.79 Å². The van der Waals surface area contributed by atoms with Crippen LogP contribution in [0, 0.1) is 0 Å². The van der Waals surface area contributed by atoms with Crippen LogP contribution in [0.5, 0.6) is 0 Å². The Hall–Kier alpha value is -0.650. The number of hydrogen-bond acceptors (Lipinski definition) is 4. The summed E-state index contributed by atoms with van der Waals surface area (Å²) in [6, 6.07) is -0.241. The zero-order chi connectivity index (χ0) is 11.3. The second-order valence-electron chi connectivity index (χ2n) is 3.81. The molecule has 2 atom stereocenters. The number of rotatable bonds is 5. The van der Waals surface area contributed by atoms with Crippen LogP contribution in [-0.2, 0) is 9.53 Å². The van der Waals surface area contributed by atoms with E-state index < -0.39 is 12.0 Å². The maximum absolute atomic E-state index is 11.1. The molecule has 15 heavy (non-hydrogen) atoms. The first kappa shape index (κ1) is 12.4. The lowest BCUT2D eigenvalue weighted by Gasteiger charge is -2.38. The van der Waals surface area contributed by atoms with E-state index in [-0.39, 0.29) is 6.04 Å². The highest BCUT2D eigenvalue weighted by Crippen LogP contribution is 2.16. The molecule has 0 saturated carbocycles. The molecule has 3 N–H and O–H groups in total. The van der Waals surface area contributed by atoms with Gasteiger partial charge in [0.05, 0.1) is 13.2 Å². The Bertz CT molecular complexity index is 211. The summed E-state index contributed by atoms with van der Waals surface area (Å²) in [6.45, 7) is 4.39. The fourth-order valence-corrected chi connectivity index (χ4v) is 2.02. The molecule has 0 spiro atoms. The molecule has 5 nitrogen and oxygen atoms in total. The van der Waals surface area contributed by atoms with Crippen molar-refractivity contribution >= 4 is 5.97 Å². The third kappa shape index (κ3) is 3.15. The van der Waals surface area contributed by atoms with Gasteiger partial charge in [-0.15, -0.1) is 0 Å². The van der Waals surface area contributed by atoms with Gasteiger partial charge in [0.2, 0.25) is 0 Å². The third-order valence-corrected chi connectivity index (χ3v) is 2.87. The van der Waals surface area contributed by atoms with E-state index in [1.54, 1.807) is 0 Å². The lowest BCUT2D eigenvalue weighted by Crippen LogP contribution is -2.53. The van der Waals surface area contributed by atoms with E-state index in [0.717, 1.165) is 6.42 Å². The van der Waals surface area contributed by atoms with E-state index >= 15 is 0 Å². The second-order valence-corrected chi connectivity index (χ2v) is 3.81. The van der Waals surface area contributed by atoms with Gasteiger partial charge in [-0.1, -0.05) is 6.92 Å². The quantitative estimate of drug-likeness (QED) is 0.671. The number of hydrogen-bond donors (Lipinski definition) is 2. The minimum Gasteiger partial charge on any atom is -0.480 e. The highest BCUT2D eigenvalue weighted by molar-refractivity contribution is 5.73. The zero-order valence-electron chi connectivity index (χ0n) is 9.19. The maximum Gasteiger partial charge on any atom is 0.320 e. The molecule has 1 rings (SSSR count). The lowest BCUT2D eigenvalue weighted by atomic mass is 10.1. The molecular weight excluding hydrogens is 196 g/mol. The van der Waals surface area contributed by atoms with Gasteiger partial charge in [-0.25, -0.2) is 0 Å². The largest absolute Gasteiger partial charge is 0.480 e. The average molecular weight is 216 g/mol. The van der Waals surface area contributed by atoms with Gasteiger partial charge in [0.15, 0.2) is 0 Å². The van der Waals surface area contributed by atoms with Crippen LogP contribution in [0.2, 0.25) is 0 Å². The standard InChI is InChI=1S/C10H20N2O3/c1-2-8-7-15-6-5-12(8)9(3-4-11)10(13)14/h8-9H,2-7,11H2,1H3,(H,13,14). The topological polar surface area (TPSA) is 75.8 Å². The number of carbonyl (C=O) groups is 1. The summed E-state index contributed by atoms with van der Waals surface area (Å²) in [5.74, 6) is -0.777. The highest BCUT2D eigenvalue weighted by atomic mass is 16.5. The average Bonchev–Trinajstić information content (AvgIpc) is 2.25. The van der Waals surface area contributed by atoms with E-state index in [2.05, 4.69) is 0 Å². The number of nitrogens with zero attached hydrogens (tertiary/aromatic N) is 1. The number of morpholine rings is 1. The molecule has 0 radical (unpaired) electrons. The molecule has 0 amide bonds. The van der Waals surface area contributed by atoms with Crippen molar-refractivity contribution in [3.05, 3.63) is 0 Å². The molecule has 1 saturated heterocycles.